The van der Waals surface area contributed by atoms with E-state index in [1.54, 1.807) is 36.8 Å². The number of benzene rings is 12. The van der Waals surface area contributed by atoms with Crippen molar-refractivity contribution in [2.75, 3.05) is 6.66 Å². The fraction of sp³-hybridized carbons (Fsp3) is 0.0122. The molecule has 1 unspecified atom stereocenters. The maximum absolute atomic E-state index is 9.15. The van der Waals surface area contributed by atoms with Gasteiger partial charge >= 0.3 is 14.2 Å². The fourth-order valence-corrected chi connectivity index (χ4v) is 16.1. The van der Waals surface area contributed by atoms with E-state index in [2.05, 4.69) is 314 Å². The van der Waals surface area contributed by atoms with Crippen molar-refractivity contribution in [2.45, 2.75) is 0 Å². The second-order valence-corrected chi connectivity index (χ2v) is 28.6. The molecule has 12 aromatic carbocycles. The molecular weight excluding hydrogens is 1820 g/mol. The monoisotopic (exact) mass is 1870 g/mol. The molecule has 0 spiro atoms. The first-order valence-electron chi connectivity index (χ1n) is 32.2. The van der Waals surface area contributed by atoms with Crippen LogP contribution in [0.2, 0.25) is 0 Å². The van der Waals surface area contributed by atoms with Gasteiger partial charge in [0.05, 0.1) is 11.4 Å². The smallest absolute Gasteiger partial charge is 0.423 e. The van der Waals surface area contributed by atoms with Crippen LogP contribution in [0.5, 0.6) is 0 Å². The van der Waals surface area contributed by atoms with E-state index >= 15 is 0 Å². The Bertz CT molecular complexity index is 5950. The molecule has 18 aromatic rings. The van der Waals surface area contributed by atoms with Gasteiger partial charge in [0.2, 0.25) is 0 Å². The summed E-state index contributed by atoms with van der Waals surface area (Å²) in [6.07, 6.45) is 10.8. The van der Waals surface area contributed by atoms with E-state index in [-0.39, 0.29) is 0 Å². The summed E-state index contributed by atoms with van der Waals surface area (Å²) in [5, 5.41) is 56.8. The fourth-order valence-electron chi connectivity index (χ4n) is 11.8. The molecule has 500 valence electrons. The van der Waals surface area contributed by atoms with Gasteiger partial charge in [0, 0.05) is 82.3 Å². The molecule has 0 bridgehead atoms. The first kappa shape index (κ1) is 72.8. The summed E-state index contributed by atoms with van der Waals surface area (Å²) < 4.78 is 4.48. The highest BCUT2D eigenvalue weighted by atomic mass is 127. The van der Waals surface area contributed by atoms with Gasteiger partial charge in [-0.05, 0) is 288 Å². The number of hydrogen-bond acceptors (Lipinski definition) is 13. The van der Waals surface area contributed by atoms with E-state index in [0.717, 1.165) is 103 Å². The Morgan fingerprint density at radius 2 is 0.544 bits per heavy atom. The van der Waals surface area contributed by atoms with Gasteiger partial charge in [-0.1, -0.05) is 164 Å². The molecule has 0 radical (unpaired) electrons. The molecule has 103 heavy (non-hydrogen) atoms. The number of halogens is 5. The average molecular weight is 1870 g/mol. The highest BCUT2D eigenvalue weighted by Crippen LogP contribution is 2.35. The quantitative estimate of drug-likeness (QED) is 0.0307. The highest BCUT2D eigenvalue weighted by Gasteiger charge is 2.16. The van der Waals surface area contributed by atoms with Gasteiger partial charge in [-0.3, -0.25) is 15.0 Å². The molecule has 18 rings (SSSR count). The maximum Gasteiger partial charge on any atom is 0.488 e. The van der Waals surface area contributed by atoms with Gasteiger partial charge in [-0.15, -0.1) is 9.24 Å². The third-order valence-electron chi connectivity index (χ3n) is 16.8. The summed E-state index contributed by atoms with van der Waals surface area (Å²) in [7, 11) is -0.400. The Morgan fingerprint density at radius 3 is 0.922 bits per heavy atom. The molecule has 4 N–H and O–H groups in total. The van der Waals surface area contributed by atoms with Crippen molar-refractivity contribution >= 4 is 238 Å². The molecule has 6 aromatic heterocycles. The third-order valence-corrected chi connectivity index (χ3v) is 19.4. The lowest BCUT2D eigenvalue weighted by Crippen LogP contribution is -2.29. The lowest BCUT2D eigenvalue weighted by molar-refractivity contribution is 0.424. The van der Waals surface area contributed by atoms with Crippen molar-refractivity contribution in [1.29, 1.82) is 0 Å². The summed E-state index contributed by atoms with van der Waals surface area (Å²) in [6, 6.07) is 86.7. The molecule has 1 atom stereocenters. The molecular formula is C82H57B2BrI4N9O4P. The Labute approximate surface area is 659 Å². The molecule has 0 fully saturated rings. The van der Waals surface area contributed by atoms with Crippen LogP contribution in [0.15, 0.2) is 297 Å². The van der Waals surface area contributed by atoms with Crippen molar-refractivity contribution < 1.29 is 20.1 Å². The minimum absolute atomic E-state index is 0.499. The van der Waals surface area contributed by atoms with Crippen LogP contribution in [-0.2, 0) is 0 Å². The number of nitrogens with zero attached hydrogens (tertiary/aromatic N) is 9. The molecule has 0 amide bonds. The molecule has 21 heteroatoms. The number of pyridine rings is 3. The van der Waals surface area contributed by atoms with Gasteiger partial charge in [0.15, 0.2) is 16.4 Å². The van der Waals surface area contributed by atoms with Crippen molar-refractivity contribution in [1.82, 2.24) is 44.9 Å². The van der Waals surface area contributed by atoms with Crippen molar-refractivity contribution in [3.63, 3.8) is 0 Å². The van der Waals surface area contributed by atoms with Crippen LogP contribution in [0.3, 0.4) is 0 Å². The lowest BCUT2D eigenvalue weighted by Gasteiger charge is -2.12. The van der Waals surface area contributed by atoms with Gasteiger partial charge in [-0.2, -0.15) is 0 Å². The minimum atomic E-state index is -1.41. The molecule has 13 nitrogen and oxygen atoms in total. The maximum atomic E-state index is 9.15. The Hall–Kier alpha value is -8.53. The summed E-state index contributed by atoms with van der Waals surface area (Å²) in [4.78, 5) is 39.6. The molecule has 0 aliphatic heterocycles. The molecule has 0 aliphatic carbocycles. The first-order valence-corrected chi connectivity index (χ1v) is 38.5. The van der Waals surface area contributed by atoms with Crippen LogP contribution in [0, 0.1) is 14.8 Å². The topological polar surface area (TPSA) is 197 Å². The second-order valence-electron chi connectivity index (χ2n) is 23.5. The summed E-state index contributed by atoms with van der Waals surface area (Å²) in [5.74, 6) is 1.47. The molecule has 6 heterocycles. The third kappa shape index (κ3) is 18.2. The van der Waals surface area contributed by atoms with Crippen molar-refractivity contribution in [3.8, 4) is 45.3 Å². The standard InChI is InChI=1S/C41H25N3.C14H11BO2.C13H7I2N3.C9H8BNO2.C4HBrI2N2.CH5P/c1-3-7-28-20-37-22-33(11-9-30(37)17-26(28)5-1)39-24-40(44-41(43-39)35-13-14-36-25-42-16-15-32(36)19-35)34-12-10-31-18-27-6-2-4-8-29(27)21-38(31)23-34;16-15(17)14-6-5-12-7-10-3-1-2-4-11(10)8-13(12)9-14;14-11-6-12(15)18-13(17-11)9-1-2-10-7-16-4-3-8(10)5-9;12-10(13)9-2-1-8-6-11-4-3-7(8)5-9;5-4-8-2(6)1-3(7)9-4;1-2/h1-25H;1-9,16-17H;1-7H;1-6,12-13H;1H;2H2,1H3. The predicted octanol–water partition coefficient (Wildman–Crippen LogP) is 19.1. The molecule has 0 saturated heterocycles. The zero-order valence-electron chi connectivity index (χ0n) is 54.6. The predicted molar refractivity (Wildman–Crippen MR) is 466 cm³/mol. The van der Waals surface area contributed by atoms with Crippen molar-refractivity contribution in [2.24, 2.45) is 0 Å². The Kier molecular flexibility index (Phi) is 24.0. The number of hydrogen-bond donors (Lipinski definition) is 4. The number of fused-ring (bicyclic) bond motifs is 9. The van der Waals surface area contributed by atoms with E-state index < -0.39 is 14.2 Å². The Balaban J connectivity index is 0.000000131. The van der Waals surface area contributed by atoms with Crippen LogP contribution in [0.1, 0.15) is 0 Å². The van der Waals surface area contributed by atoms with Crippen LogP contribution >= 0.6 is 116 Å². The zero-order chi connectivity index (χ0) is 71.5. The summed E-state index contributed by atoms with van der Waals surface area (Å²) in [6.45, 7) is 1.92. The van der Waals surface area contributed by atoms with E-state index in [9.17, 15) is 0 Å². The average Bonchev–Trinajstić information content (AvgIpc) is 0.784. The number of rotatable bonds is 6. The number of aromatic nitrogens is 9. The van der Waals surface area contributed by atoms with Crippen LogP contribution in [-0.4, -0.2) is 85.9 Å². The van der Waals surface area contributed by atoms with Crippen LogP contribution in [0.4, 0.5) is 0 Å². The SMILES string of the molecule is Brc1nc(I)cc(I)n1.CP.Ic1cc(I)nc(-c2ccc3cnccc3c2)n1.OB(O)c1ccc2cc3ccccc3cc2c1.OB(O)c1ccc2cnccc2c1.c1ccc2cc3cc(-c4cc(-c5ccc6cc7ccccc7cc6c5)nc(-c5ccc6cnccc6c5)n4)ccc3cc2c1. The lowest BCUT2D eigenvalue weighted by atomic mass is 9.79. The van der Waals surface area contributed by atoms with Crippen LogP contribution in [0.25, 0.3) is 142 Å². The van der Waals surface area contributed by atoms with E-state index in [0.29, 0.717) is 21.5 Å². The molecule has 0 aliphatic rings. The highest BCUT2D eigenvalue weighted by molar-refractivity contribution is 14.1. The van der Waals surface area contributed by atoms with Gasteiger partial charge < -0.3 is 20.1 Å². The summed E-state index contributed by atoms with van der Waals surface area (Å²) in [5.41, 5.74) is 6.95. The normalized spacial score (nSPS) is 10.9. The van der Waals surface area contributed by atoms with E-state index in [1.807, 2.05) is 98.1 Å². The largest absolute Gasteiger partial charge is 0.488 e. The molecule has 0 saturated carbocycles. The van der Waals surface area contributed by atoms with Crippen LogP contribution < -0.4 is 10.9 Å². The minimum Gasteiger partial charge on any atom is -0.423 e. The van der Waals surface area contributed by atoms with E-state index in [4.69, 9.17) is 30.1 Å². The summed E-state index contributed by atoms with van der Waals surface area (Å²) >= 11 is 11.9. The Morgan fingerprint density at radius 1 is 0.272 bits per heavy atom. The zero-order valence-corrected chi connectivity index (χ0v) is 66.0. The van der Waals surface area contributed by atoms with E-state index in [1.165, 1.54) is 48.5 Å². The van der Waals surface area contributed by atoms with Gasteiger partial charge in [-0.25, -0.2) is 29.9 Å². The van der Waals surface area contributed by atoms with Gasteiger partial charge in [0.1, 0.15) is 14.8 Å². The van der Waals surface area contributed by atoms with Crippen molar-refractivity contribution in [3.05, 3.63) is 312 Å². The van der Waals surface area contributed by atoms with Gasteiger partial charge in [0.25, 0.3) is 0 Å². The first-order chi connectivity index (χ1) is 50.1. The second kappa shape index (κ2) is 33.9.